The summed E-state index contributed by atoms with van der Waals surface area (Å²) in [6.45, 7) is 2.33. The lowest BCUT2D eigenvalue weighted by molar-refractivity contribution is 0.0601. The molecule has 6 nitrogen and oxygen atoms in total. The number of hydrogen-bond donors (Lipinski definition) is 0. The first-order valence-corrected chi connectivity index (χ1v) is 9.49. The van der Waals surface area contributed by atoms with Crippen molar-refractivity contribution < 1.29 is 9.53 Å². The molecule has 7 heteroatoms. The van der Waals surface area contributed by atoms with Gasteiger partial charge < -0.3 is 9.64 Å². The summed E-state index contributed by atoms with van der Waals surface area (Å²) in [4.78, 5) is 19.0. The average molecular weight is 385 g/mol. The molecule has 0 radical (unpaired) electrons. The Morgan fingerprint density at radius 2 is 1.96 bits per heavy atom. The normalized spacial score (nSPS) is 15.3. The van der Waals surface area contributed by atoms with Crippen LogP contribution in [0.15, 0.2) is 42.7 Å². The summed E-state index contributed by atoms with van der Waals surface area (Å²) >= 11 is 6.60. The molecule has 140 valence electrons. The van der Waals surface area contributed by atoms with Crippen LogP contribution in [0.4, 0.5) is 5.69 Å². The Bertz CT molecular complexity index is 951. The standard InChI is InChI=1S/C20H21ClN4O2/c1-27-20(26)16-11-22-19-15(18(16)24-9-5-6-10-24)12-23-25(19)13-17(21)14-7-3-2-4-8-14/h2-4,7-8,11-12,17H,5-6,9-10,13H2,1H3. The number of ether oxygens (including phenoxy) is 1. The van der Waals surface area contributed by atoms with Crippen molar-refractivity contribution in [1.82, 2.24) is 14.8 Å². The average Bonchev–Trinajstić information content (AvgIpc) is 3.37. The number of rotatable bonds is 5. The van der Waals surface area contributed by atoms with Gasteiger partial charge in [-0.15, -0.1) is 11.6 Å². The number of esters is 1. The fourth-order valence-corrected chi connectivity index (χ4v) is 3.88. The first-order valence-electron chi connectivity index (χ1n) is 9.06. The lowest BCUT2D eigenvalue weighted by atomic mass is 10.1. The van der Waals surface area contributed by atoms with Crippen molar-refractivity contribution in [2.75, 3.05) is 25.1 Å². The van der Waals surface area contributed by atoms with Crippen molar-refractivity contribution in [3.63, 3.8) is 0 Å². The van der Waals surface area contributed by atoms with E-state index in [0.29, 0.717) is 12.1 Å². The summed E-state index contributed by atoms with van der Waals surface area (Å²) in [5, 5.41) is 5.15. The zero-order chi connectivity index (χ0) is 18.8. The number of alkyl halides is 1. The summed E-state index contributed by atoms with van der Waals surface area (Å²) in [7, 11) is 1.39. The highest BCUT2D eigenvalue weighted by Crippen LogP contribution is 2.33. The summed E-state index contributed by atoms with van der Waals surface area (Å²) < 4.78 is 6.77. The van der Waals surface area contributed by atoms with E-state index in [1.54, 1.807) is 17.1 Å². The van der Waals surface area contributed by atoms with Gasteiger partial charge in [0, 0.05) is 19.3 Å². The number of nitrogens with zero attached hydrogens (tertiary/aromatic N) is 4. The maximum atomic E-state index is 12.3. The number of carbonyl (C=O) groups is 1. The second-order valence-corrected chi connectivity index (χ2v) is 7.18. The molecule has 0 bridgehead atoms. The van der Waals surface area contributed by atoms with Gasteiger partial charge in [-0.3, -0.25) is 0 Å². The van der Waals surface area contributed by atoms with Crippen molar-refractivity contribution >= 4 is 34.3 Å². The second-order valence-electron chi connectivity index (χ2n) is 6.65. The molecule has 1 aliphatic rings. The molecule has 1 fully saturated rings. The summed E-state index contributed by atoms with van der Waals surface area (Å²) in [6.07, 6.45) is 5.58. The van der Waals surface area contributed by atoms with Gasteiger partial charge in [0.2, 0.25) is 0 Å². The molecule has 1 unspecified atom stereocenters. The molecular formula is C20H21ClN4O2. The third-order valence-corrected chi connectivity index (χ3v) is 5.35. The van der Waals surface area contributed by atoms with Gasteiger partial charge in [0.15, 0.2) is 5.65 Å². The van der Waals surface area contributed by atoms with Crippen LogP contribution in [0.5, 0.6) is 0 Å². The number of fused-ring (bicyclic) bond motifs is 1. The van der Waals surface area contributed by atoms with Crippen molar-refractivity contribution in [3.8, 4) is 0 Å². The molecular weight excluding hydrogens is 364 g/mol. The molecule has 0 amide bonds. The zero-order valence-electron chi connectivity index (χ0n) is 15.1. The fourth-order valence-electron chi connectivity index (χ4n) is 3.61. The van der Waals surface area contributed by atoms with Gasteiger partial charge in [-0.05, 0) is 18.4 Å². The highest BCUT2D eigenvalue weighted by molar-refractivity contribution is 6.20. The number of aromatic nitrogens is 3. The lowest BCUT2D eigenvalue weighted by Gasteiger charge is -2.21. The SMILES string of the molecule is COC(=O)c1cnc2c(cnn2CC(Cl)c2ccccc2)c1N1CCCC1. The Hall–Kier alpha value is -2.60. The Labute approximate surface area is 162 Å². The molecule has 3 aromatic rings. The van der Waals surface area contributed by atoms with Gasteiger partial charge >= 0.3 is 5.97 Å². The topological polar surface area (TPSA) is 60.2 Å². The van der Waals surface area contributed by atoms with E-state index in [0.717, 1.165) is 48.2 Å². The monoisotopic (exact) mass is 384 g/mol. The predicted octanol–water partition coefficient (Wildman–Crippen LogP) is 3.80. The highest BCUT2D eigenvalue weighted by Gasteiger charge is 2.25. The smallest absolute Gasteiger partial charge is 0.341 e. The van der Waals surface area contributed by atoms with E-state index >= 15 is 0 Å². The Morgan fingerprint density at radius 1 is 1.22 bits per heavy atom. The molecule has 1 aliphatic heterocycles. The maximum Gasteiger partial charge on any atom is 0.341 e. The van der Waals surface area contributed by atoms with Gasteiger partial charge in [0.05, 0.1) is 36.3 Å². The number of anilines is 1. The molecule has 0 saturated carbocycles. The van der Waals surface area contributed by atoms with Crippen molar-refractivity contribution in [2.24, 2.45) is 0 Å². The van der Waals surface area contributed by atoms with E-state index in [-0.39, 0.29) is 11.3 Å². The van der Waals surface area contributed by atoms with E-state index in [1.165, 1.54) is 7.11 Å². The van der Waals surface area contributed by atoms with Crippen LogP contribution in [-0.4, -0.2) is 40.9 Å². The van der Waals surface area contributed by atoms with E-state index in [2.05, 4.69) is 15.0 Å². The quantitative estimate of drug-likeness (QED) is 0.494. The number of benzene rings is 1. The Balaban J connectivity index is 1.74. The van der Waals surface area contributed by atoms with Crippen LogP contribution in [-0.2, 0) is 11.3 Å². The van der Waals surface area contributed by atoms with Crippen LogP contribution in [0, 0.1) is 0 Å². The molecule has 0 aliphatic carbocycles. The maximum absolute atomic E-state index is 12.3. The van der Waals surface area contributed by atoms with Gasteiger partial charge in [0.25, 0.3) is 0 Å². The Kier molecular flexibility index (Phi) is 4.99. The molecule has 0 N–H and O–H groups in total. The molecule has 27 heavy (non-hydrogen) atoms. The minimum Gasteiger partial charge on any atom is -0.465 e. The Morgan fingerprint density at radius 3 is 2.67 bits per heavy atom. The molecule has 4 rings (SSSR count). The van der Waals surface area contributed by atoms with Crippen molar-refractivity contribution in [1.29, 1.82) is 0 Å². The summed E-state index contributed by atoms with van der Waals surface area (Å²) in [6, 6.07) is 9.91. The minimum absolute atomic E-state index is 0.216. The predicted molar refractivity (Wildman–Crippen MR) is 105 cm³/mol. The van der Waals surface area contributed by atoms with Crippen molar-refractivity contribution in [2.45, 2.75) is 24.8 Å². The van der Waals surface area contributed by atoms with E-state index in [9.17, 15) is 4.79 Å². The number of pyridine rings is 1. The number of halogens is 1. The van der Waals surface area contributed by atoms with Crippen LogP contribution in [0.1, 0.15) is 34.1 Å². The number of methoxy groups -OCH3 is 1. The molecule has 0 spiro atoms. The summed E-state index contributed by atoms with van der Waals surface area (Å²) in [5.74, 6) is -0.376. The largest absolute Gasteiger partial charge is 0.465 e. The van der Waals surface area contributed by atoms with Gasteiger partial charge in [-0.1, -0.05) is 30.3 Å². The van der Waals surface area contributed by atoms with Crippen LogP contribution in [0.2, 0.25) is 0 Å². The lowest BCUT2D eigenvalue weighted by Crippen LogP contribution is -2.22. The summed E-state index contributed by atoms with van der Waals surface area (Å²) in [5.41, 5.74) is 3.11. The molecule has 3 heterocycles. The van der Waals surface area contributed by atoms with Gasteiger partial charge in [0.1, 0.15) is 5.56 Å². The fraction of sp³-hybridized carbons (Fsp3) is 0.350. The third kappa shape index (κ3) is 3.37. The first kappa shape index (κ1) is 17.8. The van der Waals surface area contributed by atoms with Gasteiger partial charge in [-0.25, -0.2) is 14.5 Å². The number of carbonyl (C=O) groups excluding carboxylic acids is 1. The second kappa shape index (κ2) is 7.56. The number of hydrogen-bond acceptors (Lipinski definition) is 5. The molecule has 1 atom stereocenters. The van der Waals surface area contributed by atoms with E-state index in [4.69, 9.17) is 16.3 Å². The first-order chi connectivity index (χ1) is 13.2. The minimum atomic E-state index is -0.376. The highest BCUT2D eigenvalue weighted by atomic mass is 35.5. The van der Waals surface area contributed by atoms with E-state index < -0.39 is 0 Å². The van der Waals surface area contributed by atoms with Crippen LogP contribution in [0.3, 0.4) is 0 Å². The van der Waals surface area contributed by atoms with Crippen molar-refractivity contribution in [3.05, 3.63) is 53.9 Å². The van der Waals surface area contributed by atoms with E-state index in [1.807, 2.05) is 30.3 Å². The van der Waals surface area contributed by atoms with Crippen LogP contribution < -0.4 is 4.90 Å². The van der Waals surface area contributed by atoms with Crippen LogP contribution >= 0.6 is 11.6 Å². The molecule has 1 aromatic carbocycles. The third-order valence-electron chi connectivity index (χ3n) is 4.96. The molecule has 1 saturated heterocycles. The van der Waals surface area contributed by atoms with Gasteiger partial charge in [-0.2, -0.15) is 5.10 Å². The zero-order valence-corrected chi connectivity index (χ0v) is 15.9. The van der Waals surface area contributed by atoms with Crippen LogP contribution in [0.25, 0.3) is 11.0 Å². The molecule has 2 aromatic heterocycles.